The molecule has 0 saturated carbocycles. The molecule has 0 saturated heterocycles. The average Bonchev–Trinajstić information content (AvgIpc) is 3.17. The van der Waals surface area contributed by atoms with Gasteiger partial charge in [-0.15, -0.1) is 0 Å². The van der Waals surface area contributed by atoms with E-state index in [4.69, 9.17) is 4.74 Å². The molecule has 4 rings (SSSR count). The summed E-state index contributed by atoms with van der Waals surface area (Å²) in [5, 5.41) is 3.13. The molecule has 7 heteroatoms. The van der Waals surface area contributed by atoms with Crippen molar-refractivity contribution in [2.45, 2.75) is 6.92 Å². The highest BCUT2D eigenvalue weighted by Crippen LogP contribution is 2.25. The van der Waals surface area contributed by atoms with Crippen LogP contribution in [-0.4, -0.2) is 28.6 Å². The first-order chi connectivity index (χ1) is 15.5. The maximum absolute atomic E-state index is 13.4. The molecular weight excluding hydrogens is 409 g/mol. The summed E-state index contributed by atoms with van der Waals surface area (Å²) in [6.45, 7) is 1.71. The van der Waals surface area contributed by atoms with Crippen LogP contribution in [0, 0.1) is 5.82 Å². The summed E-state index contributed by atoms with van der Waals surface area (Å²) in [4.78, 5) is 30.1. The van der Waals surface area contributed by atoms with Gasteiger partial charge in [0.25, 0.3) is 5.56 Å². The molecule has 0 atom stereocenters. The number of rotatable bonds is 5. The van der Waals surface area contributed by atoms with Crippen LogP contribution in [0.1, 0.15) is 22.8 Å². The zero-order valence-electron chi connectivity index (χ0n) is 17.5. The van der Waals surface area contributed by atoms with Crippen molar-refractivity contribution < 1.29 is 13.9 Å². The number of hydrogen-bond acceptors (Lipinski definition) is 4. The van der Waals surface area contributed by atoms with Gasteiger partial charge in [-0.25, -0.2) is 13.9 Å². The molecule has 0 aliphatic rings. The lowest BCUT2D eigenvalue weighted by molar-refractivity contribution is 0.0601. The van der Waals surface area contributed by atoms with E-state index in [0.29, 0.717) is 33.9 Å². The number of para-hydroxylation sites is 1. The molecule has 4 aromatic rings. The minimum absolute atomic E-state index is 0.296. The number of aromatic nitrogens is 2. The third-order valence-electron chi connectivity index (χ3n) is 5.00. The number of hydrogen-bond donors (Lipinski definition) is 1. The fraction of sp³-hybridized carbons (Fsp3) is 0.0800. The van der Waals surface area contributed by atoms with Crippen molar-refractivity contribution in [3.8, 4) is 16.9 Å². The first-order valence-corrected chi connectivity index (χ1v) is 9.89. The van der Waals surface area contributed by atoms with Crippen LogP contribution in [-0.2, 0) is 4.74 Å². The van der Waals surface area contributed by atoms with E-state index in [1.807, 2.05) is 30.3 Å². The highest BCUT2D eigenvalue weighted by atomic mass is 19.1. The van der Waals surface area contributed by atoms with Crippen molar-refractivity contribution >= 4 is 17.4 Å². The maximum atomic E-state index is 13.4. The summed E-state index contributed by atoms with van der Waals surface area (Å²) >= 11 is 0. The average molecular weight is 429 g/mol. The summed E-state index contributed by atoms with van der Waals surface area (Å²) in [6.07, 6.45) is 0. The Bertz CT molecular complexity index is 1350. The highest BCUT2D eigenvalue weighted by molar-refractivity contribution is 6.06. The topological polar surface area (TPSA) is 76.4 Å². The minimum Gasteiger partial charge on any atom is -0.465 e. The Kier molecular flexibility index (Phi) is 5.81. The molecule has 0 spiro atoms. The van der Waals surface area contributed by atoms with E-state index in [1.54, 1.807) is 31.2 Å². The summed E-state index contributed by atoms with van der Waals surface area (Å²) < 4.78 is 19.6. The van der Waals surface area contributed by atoms with Crippen LogP contribution < -0.4 is 5.56 Å². The zero-order chi connectivity index (χ0) is 22.7. The van der Waals surface area contributed by atoms with Crippen LogP contribution in [0.15, 0.2) is 88.6 Å². The fourth-order valence-corrected chi connectivity index (χ4v) is 3.45. The third kappa shape index (κ3) is 4.00. The predicted octanol–water partition coefficient (Wildman–Crippen LogP) is 4.90. The molecule has 160 valence electrons. The van der Waals surface area contributed by atoms with Gasteiger partial charge in [-0.2, -0.15) is 0 Å². The molecule has 3 aromatic carbocycles. The molecule has 0 radical (unpaired) electrons. The Labute approximate surface area is 183 Å². The summed E-state index contributed by atoms with van der Waals surface area (Å²) in [7, 11) is 1.30. The van der Waals surface area contributed by atoms with E-state index < -0.39 is 11.8 Å². The van der Waals surface area contributed by atoms with Crippen LogP contribution >= 0.6 is 0 Å². The molecular formula is C25H20FN3O3. The van der Waals surface area contributed by atoms with E-state index in [2.05, 4.69) is 10.1 Å². The van der Waals surface area contributed by atoms with Gasteiger partial charge in [0.1, 0.15) is 5.82 Å². The number of aromatic amines is 1. The van der Waals surface area contributed by atoms with Crippen LogP contribution in [0.2, 0.25) is 0 Å². The van der Waals surface area contributed by atoms with E-state index in [9.17, 15) is 14.0 Å². The first-order valence-electron chi connectivity index (χ1n) is 9.89. The third-order valence-corrected chi connectivity index (χ3v) is 5.00. The molecule has 32 heavy (non-hydrogen) atoms. The number of nitrogens with one attached hydrogen (secondary N) is 1. The molecule has 1 aromatic heterocycles. The standard InChI is InChI=1S/C25H20FN3O3/c1-16(27-21-11-7-6-10-20(21)25(31)32-2)22-23(17-8-4-3-5-9-17)28-29(24(22)30)19-14-12-18(26)13-15-19/h3-15,28H,1-2H3. The number of halogens is 1. The number of ether oxygens (including phenoxy) is 1. The molecule has 0 fully saturated rings. The van der Waals surface area contributed by atoms with Gasteiger partial charge in [0.2, 0.25) is 0 Å². The smallest absolute Gasteiger partial charge is 0.340 e. The van der Waals surface area contributed by atoms with Crippen molar-refractivity contribution in [1.29, 1.82) is 0 Å². The Morgan fingerprint density at radius 3 is 2.31 bits per heavy atom. The van der Waals surface area contributed by atoms with Crippen molar-refractivity contribution in [2.24, 2.45) is 4.99 Å². The summed E-state index contributed by atoms with van der Waals surface area (Å²) in [5.74, 6) is -0.910. The second-order valence-corrected chi connectivity index (χ2v) is 7.05. The molecule has 6 nitrogen and oxygen atoms in total. The van der Waals surface area contributed by atoms with Gasteiger partial charge in [-0.05, 0) is 43.3 Å². The maximum Gasteiger partial charge on any atom is 0.340 e. The molecule has 0 aliphatic heterocycles. The van der Waals surface area contributed by atoms with E-state index in [-0.39, 0.29) is 5.56 Å². The Morgan fingerprint density at radius 2 is 1.62 bits per heavy atom. The number of methoxy groups -OCH3 is 1. The molecule has 0 unspecified atom stereocenters. The summed E-state index contributed by atoms with van der Waals surface area (Å²) in [5.41, 5.74) is 2.96. The van der Waals surface area contributed by atoms with E-state index in [1.165, 1.54) is 36.1 Å². The number of nitrogens with zero attached hydrogens (tertiary/aromatic N) is 2. The van der Waals surface area contributed by atoms with E-state index >= 15 is 0 Å². The van der Waals surface area contributed by atoms with Crippen molar-refractivity contribution in [1.82, 2.24) is 9.78 Å². The lowest BCUT2D eigenvalue weighted by atomic mass is 10.0. The van der Waals surface area contributed by atoms with Gasteiger partial charge >= 0.3 is 5.97 Å². The fourth-order valence-electron chi connectivity index (χ4n) is 3.45. The molecule has 1 N–H and O–H groups in total. The predicted molar refractivity (Wildman–Crippen MR) is 121 cm³/mol. The SMILES string of the molecule is COC(=O)c1ccccc1N=C(C)c1c(-c2ccccc2)[nH]n(-c2ccc(F)cc2)c1=O. The number of esters is 1. The minimum atomic E-state index is -0.516. The normalized spacial score (nSPS) is 11.4. The van der Waals surface area contributed by atoms with Crippen LogP contribution in [0.5, 0.6) is 0 Å². The second-order valence-electron chi connectivity index (χ2n) is 7.05. The molecule has 0 bridgehead atoms. The van der Waals surface area contributed by atoms with Gasteiger partial charge in [0, 0.05) is 5.56 Å². The molecule has 0 amide bonds. The van der Waals surface area contributed by atoms with Gasteiger partial charge < -0.3 is 4.74 Å². The van der Waals surface area contributed by atoms with Crippen LogP contribution in [0.25, 0.3) is 16.9 Å². The number of benzene rings is 3. The summed E-state index contributed by atoms with van der Waals surface area (Å²) in [6, 6.07) is 21.7. The van der Waals surface area contributed by atoms with Gasteiger partial charge in [-0.3, -0.25) is 14.9 Å². The van der Waals surface area contributed by atoms with Crippen molar-refractivity contribution in [2.75, 3.05) is 7.11 Å². The number of aliphatic imine (C=N–C) groups is 1. The number of H-pyrrole nitrogens is 1. The van der Waals surface area contributed by atoms with Gasteiger partial charge in [-0.1, -0.05) is 42.5 Å². The van der Waals surface area contributed by atoms with Gasteiger partial charge in [0.15, 0.2) is 0 Å². The zero-order valence-corrected chi connectivity index (χ0v) is 17.5. The molecule has 0 aliphatic carbocycles. The van der Waals surface area contributed by atoms with Crippen molar-refractivity contribution in [3.05, 3.63) is 106 Å². The van der Waals surface area contributed by atoms with Crippen molar-refractivity contribution in [3.63, 3.8) is 0 Å². The van der Waals surface area contributed by atoms with E-state index in [0.717, 1.165) is 5.56 Å². The monoisotopic (exact) mass is 429 g/mol. The Hall–Kier alpha value is -4.26. The Morgan fingerprint density at radius 1 is 0.969 bits per heavy atom. The quantitative estimate of drug-likeness (QED) is 0.362. The van der Waals surface area contributed by atoms with Crippen LogP contribution in [0.3, 0.4) is 0 Å². The Balaban J connectivity index is 1.92. The highest BCUT2D eigenvalue weighted by Gasteiger charge is 2.20. The van der Waals surface area contributed by atoms with Crippen LogP contribution in [0.4, 0.5) is 10.1 Å². The second kappa shape index (κ2) is 8.85. The number of carbonyl (C=O) groups excluding carboxylic acids is 1. The first kappa shape index (κ1) is 21.0. The molecule has 1 heterocycles. The lowest BCUT2D eigenvalue weighted by Gasteiger charge is -2.06. The largest absolute Gasteiger partial charge is 0.465 e. The number of carbonyl (C=O) groups is 1. The lowest BCUT2D eigenvalue weighted by Crippen LogP contribution is -2.19. The van der Waals surface area contributed by atoms with Gasteiger partial charge in [0.05, 0.1) is 41.0 Å².